The predicted molar refractivity (Wildman–Crippen MR) is 78.4 cm³/mol. The van der Waals surface area contributed by atoms with Gasteiger partial charge >= 0.3 is 0 Å². The Morgan fingerprint density at radius 1 is 1.33 bits per heavy atom. The minimum Gasteiger partial charge on any atom is -0.379 e. The highest BCUT2D eigenvalue weighted by molar-refractivity contribution is 5.80. The summed E-state index contributed by atoms with van der Waals surface area (Å²) in [6, 6.07) is 3.89. The Morgan fingerprint density at radius 2 is 2.14 bits per heavy atom. The first kappa shape index (κ1) is 14.4. The molecule has 3 heterocycles. The first-order chi connectivity index (χ1) is 10.2. The van der Waals surface area contributed by atoms with Gasteiger partial charge in [-0.05, 0) is 11.6 Å². The van der Waals surface area contributed by atoms with Crippen LogP contribution < -0.4 is 5.73 Å². The summed E-state index contributed by atoms with van der Waals surface area (Å²) >= 11 is 0. The van der Waals surface area contributed by atoms with Crippen LogP contribution in [0.1, 0.15) is 5.56 Å². The highest BCUT2D eigenvalue weighted by atomic mass is 16.5. The van der Waals surface area contributed by atoms with Crippen molar-refractivity contribution in [1.82, 2.24) is 14.8 Å². The van der Waals surface area contributed by atoms with E-state index in [0.717, 1.165) is 32.7 Å². The number of nitrogens with zero attached hydrogens (tertiary/aromatic N) is 3. The predicted octanol–water partition coefficient (Wildman–Crippen LogP) is -0.300. The quantitative estimate of drug-likeness (QED) is 0.827. The van der Waals surface area contributed by atoms with Gasteiger partial charge in [0.2, 0.25) is 5.91 Å². The molecule has 0 spiro atoms. The highest BCUT2D eigenvalue weighted by Crippen LogP contribution is 2.17. The van der Waals surface area contributed by atoms with Crippen LogP contribution in [0.4, 0.5) is 0 Å². The number of hydrogen-bond donors (Lipinski definition) is 1. The SMILES string of the molecule is NC1COCC1C(=O)N1CCN(Cc2cccnc2)CC1. The Balaban J connectivity index is 1.50. The average molecular weight is 290 g/mol. The lowest BCUT2D eigenvalue weighted by Crippen LogP contribution is -2.52. The van der Waals surface area contributed by atoms with Crippen LogP contribution in [0, 0.1) is 5.92 Å². The molecule has 0 aliphatic carbocycles. The summed E-state index contributed by atoms with van der Waals surface area (Å²) in [5.74, 6) is -0.00380. The molecule has 6 nitrogen and oxygen atoms in total. The van der Waals surface area contributed by atoms with Crippen LogP contribution in [0.25, 0.3) is 0 Å². The van der Waals surface area contributed by atoms with Crippen LogP contribution in [0.2, 0.25) is 0 Å². The smallest absolute Gasteiger partial charge is 0.229 e. The molecule has 1 aromatic heterocycles. The minimum atomic E-state index is -0.158. The Kier molecular flexibility index (Phi) is 4.48. The van der Waals surface area contributed by atoms with Crippen molar-refractivity contribution in [2.24, 2.45) is 11.7 Å². The molecule has 2 N–H and O–H groups in total. The number of pyridine rings is 1. The second-order valence-electron chi connectivity index (χ2n) is 5.77. The lowest BCUT2D eigenvalue weighted by molar-refractivity contribution is -0.137. The van der Waals surface area contributed by atoms with E-state index in [-0.39, 0.29) is 17.9 Å². The maximum atomic E-state index is 12.4. The molecule has 21 heavy (non-hydrogen) atoms. The van der Waals surface area contributed by atoms with Gasteiger partial charge in [-0.1, -0.05) is 6.07 Å². The fourth-order valence-electron chi connectivity index (χ4n) is 2.94. The van der Waals surface area contributed by atoms with Gasteiger partial charge in [0.05, 0.1) is 19.1 Å². The number of nitrogens with two attached hydrogens (primary N) is 1. The van der Waals surface area contributed by atoms with Gasteiger partial charge in [-0.15, -0.1) is 0 Å². The van der Waals surface area contributed by atoms with E-state index < -0.39 is 0 Å². The molecule has 1 amide bonds. The number of ether oxygens (including phenoxy) is 1. The van der Waals surface area contributed by atoms with Crippen molar-refractivity contribution in [3.05, 3.63) is 30.1 Å². The molecule has 2 aliphatic heterocycles. The molecular formula is C15H22N4O2. The summed E-state index contributed by atoms with van der Waals surface area (Å²) in [6.07, 6.45) is 3.68. The molecular weight excluding hydrogens is 268 g/mol. The van der Waals surface area contributed by atoms with Crippen molar-refractivity contribution in [3.8, 4) is 0 Å². The summed E-state index contributed by atoms with van der Waals surface area (Å²) in [6.45, 7) is 5.17. The van der Waals surface area contributed by atoms with Crippen molar-refractivity contribution in [2.75, 3.05) is 39.4 Å². The maximum absolute atomic E-state index is 12.4. The summed E-state index contributed by atoms with van der Waals surface area (Å²) < 4.78 is 5.29. The molecule has 2 aliphatic rings. The van der Waals surface area contributed by atoms with E-state index in [1.165, 1.54) is 5.56 Å². The van der Waals surface area contributed by atoms with Crippen LogP contribution in [0.15, 0.2) is 24.5 Å². The molecule has 2 atom stereocenters. The van der Waals surface area contributed by atoms with E-state index in [9.17, 15) is 4.79 Å². The van der Waals surface area contributed by atoms with E-state index in [1.807, 2.05) is 17.2 Å². The summed E-state index contributed by atoms with van der Waals surface area (Å²) in [5.41, 5.74) is 7.14. The van der Waals surface area contributed by atoms with E-state index in [1.54, 1.807) is 6.20 Å². The van der Waals surface area contributed by atoms with Gasteiger partial charge in [0.1, 0.15) is 0 Å². The number of aromatic nitrogens is 1. The van der Waals surface area contributed by atoms with Crippen molar-refractivity contribution in [1.29, 1.82) is 0 Å². The fraction of sp³-hybridized carbons (Fsp3) is 0.600. The fourth-order valence-corrected chi connectivity index (χ4v) is 2.94. The molecule has 2 fully saturated rings. The summed E-state index contributed by atoms with van der Waals surface area (Å²) in [4.78, 5) is 20.8. The zero-order valence-electron chi connectivity index (χ0n) is 12.1. The minimum absolute atomic E-state index is 0.147. The van der Waals surface area contributed by atoms with E-state index in [0.29, 0.717) is 13.2 Å². The Morgan fingerprint density at radius 3 is 2.76 bits per heavy atom. The van der Waals surface area contributed by atoms with Crippen molar-refractivity contribution >= 4 is 5.91 Å². The molecule has 2 unspecified atom stereocenters. The van der Waals surface area contributed by atoms with Crippen molar-refractivity contribution in [2.45, 2.75) is 12.6 Å². The van der Waals surface area contributed by atoms with E-state index in [2.05, 4.69) is 16.0 Å². The zero-order valence-corrected chi connectivity index (χ0v) is 12.1. The van der Waals surface area contributed by atoms with E-state index >= 15 is 0 Å². The summed E-state index contributed by atoms with van der Waals surface area (Å²) in [7, 11) is 0. The van der Waals surface area contributed by atoms with Gasteiger partial charge in [-0.3, -0.25) is 14.7 Å². The standard InChI is InChI=1S/C15H22N4O2/c16-14-11-21-10-13(14)15(20)19-6-4-18(5-7-19)9-12-2-1-3-17-8-12/h1-3,8,13-14H,4-7,9-11,16H2. The van der Waals surface area contributed by atoms with Crippen molar-refractivity contribution < 1.29 is 9.53 Å². The molecule has 0 radical (unpaired) electrons. The van der Waals surface area contributed by atoms with Crippen LogP contribution in [0.3, 0.4) is 0 Å². The Labute approximate surface area is 124 Å². The van der Waals surface area contributed by atoms with Gasteiger partial charge in [0.15, 0.2) is 0 Å². The lowest BCUT2D eigenvalue weighted by Gasteiger charge is -2.36. The van der Waals surface area contributed by atoms with Gasteiger partial charge < -0.3 is 15.4 Å². The Bertz CT molecular complexity index is 474. The third kappa shape index (κ3) is 3.40. The van der Waals surface area contributed by atoms with Gasteiger partial charge in [0.25, 0.3) is 0 Å². The molecule has 0 bridgehead atoms. The number of rotatable bonds is 3. The summed E-state index contributed by atoms with van der Waals surface area (Å²) in [5, 5.41) is 0. The molecule has 3 rings (SSSR count). The van der Waals surface area contributed by atoms with Crippen LogP contribution in [-0.4, -0.2) is 66.1 Å². The van der Waals surface area contributed by atoms with Crippen LogP contribution in [-0.2, 0) is 16.1 Å². The normalized spacial score (nSPS) is 27.0. The highest BCUT2D eigenvalue weighted by Gasteiger charge is 2.35. The van der Waals surface area contributed by atoms with Gasteiger partial charge in [-0.25, -0.2) is 0 Å². The third-order valence-electron chi connectivity index (χ3n) is 4.25. The van der Waals surface area contributed by atoms with Crippen LogP contribution >= 0.6 is 0 Å². The third-order valence-corrected chi connectivity index (χ3v) is 4.25. The number of carbonyl (C=O) groups is 1. The largest absolute Gasteiger partial charge is 0.379 e. The van der Waals surface area contributed by atoms with Crippen molar-refractivity contribution in [3.63, 3.8) is 0 Å². The number of hydrogen-bond acceptors (Lipinski definition) is 5. The molecule has 2 saturated heterocycles. The number of carbonyl (C=O) groups excluding carboxylic acids is 1. The Hall–Kier alpha value is -1.50. The maximum Gasteiger partial charge on any atom is 0.229 e. The zero-order chi connectivity index (χ0) is 14.7. The first-order valence-corrected chi connectivity index (χ1v) is 7.47. The topological polar surface area (TPSA) is 71.7 Å². The number of amides is 1. The van der Waals surface area contributed by atoms with E-state index in [4.69, 9.17) is 10.5 Å². The molecule has 114 valence electrons. The second-order valence-corrected chi connectivity index (χ2v) is 5.77. The lowest BCUT2D eigenvalue weighted by atomic mass is 10.0. The second kappa shape index (κ2) is 6.51. The molecule has 0 aromatic carbocycles. The van der Waals surface area contributed by atoms with Gasteiger partial charge in [-0.2, -0.15) is 0 Å². The molecule has 1 aromatic rings. The van der Waals surface area contributed by atoms with Crippen LogP contribution in [0.5, 0.6) is 0 Å². The molecule has 0 saturated carbocycles. The average Bonchev–Trinajstić information content (AvgIpc) is 2.94. The molecule has 6 heteroatoms. The first-order valence-electron chi connectivity index (χ1n) is 7.47. The number of piperazine rings is 1. The monoisotopic (exact) mass is 290 g/mol. The van der Waals surface area contributed by atoms with Gasteiger partial charge in [0, 0.05) is 51.2 Å².